The lowest BCUT2D eigenvalue weighted by Crippen LogP contribution is -2.34. The van der Waals surface area contributed by atoms with Crippen LogP contribution < -0.4 is 10.6 Å². The number of carbonyl (C=O) groups excluding carboxylic acids is 1. The smallest absolute Gasteiger partial charge is 0.322 e. The van der Waals surface area contributed by atoms with E-state index in [1.807, 2.05) is 0 Å². The largest absolute Gasteiger partial charge is 0.480 e. The highest BCUT2D eigenvalue weighted by molar-refractivity contribution is 9.10. The zero-order valence-electron chi connectivity index (χ0n) is 12.5. The van der Waals surface area contributed by atoms with Gasteiger partial charge in [0.05, 0.1) is 21.3 Å². The first kappa shape index (κ1) is 17.6. The molecule has 1 aromatic heterocycles. The standard InChI is InChI=1S/C14H13BrN4O5/c1-7-2-8-13(10(3-7)19(23)24)9(15)4-17-14(8)18-5-11(20)16-6-12(21)22/h2-4H,5-6H2,1H3,(H,16,20)(H,17,18)(H,21,22). The number of pyridine rings is 1. The highest BCUT2D eigenvalue weighted by Crippen LogP contribution is 2.36. The number of carboxylic acids is 1. The van der Waals surface area contributed by atoms with Gasteiger partial charge in [-0.2, -0.15) is 0 Å². The number of aliphatic carboxylic acids is 1. The Morgan fingerprint density at radius 2 is 2.08 bits per heavy atom. The van der Waals surface area contributed by atoms with E-state index in [1.54, 1.807) is 13.0 Å². The van der Waals surface area contributed by atoms with Gasteiger partial charge >= 0.3 is 5.97 Å². The van der Waals surface area contributed by atoms with Gasteiger partial charge in [-0.05, 0) is 34.5 Å². The van der Waals surface area contributed by atoms with Crippen LogP contribution in [0.25, 0.3) is 10.8 Å². The number of hydrogen-bond donors (Lipinski definition) is 3. The van der Waals surface area contributed by atoms with E-state index in [4.69, 9.17) is 5.11 Å². The van der Waals surface area contributed by atoms with E-state index in [0.717, 1.165) is 0 Å². The minimum Gasteiger partial charge on any atom is -0.480 e. The van der Waals surface area contributed by atoms with Crippen LogP contribution in [0.15, 0.2) is 22.8 Å². The minimum atomic E-state index is -1.15. The van der Waals surface area contributed by atoms with Crippen molar-refractivity contribution in [3.05, 3.63) is 38.5 Å². The zero-order chi connectivity index (χ0) is 17.9. The average Bonchev–Trinajstić information content (AvgIpc) is 2.51. The van der Waals surface area contributed by atoms with Crippen molar-refractivity contribution in [2.75, 3.05) is 18.4 Å². The fourth-order valence-electron chi connectivity index (χ4n) is 2.15. The van der Waals surface area contributed by atoms with Gasteiger partial charge in [0, 0.05) is 17.6 Å². The summed E-state index contributed by atoms with van der Waals surface area (Å²) >= 11 is 3.26. The number of hydrogen-bond acceptors (Lipinski definition) is 6. The van der Waals surface area contributed by atoms with Gasteiger partial charge in [0.15, 0.2) is 0 Å². The van der Waals surface area contributed by atoms with Gasteiger partial charge in [-0.3, -0.25) is 19.7 Å². The average molecular weight is 397 g/mol. The second-order valence-corrected chi connectivity index (χ2v) is 5.80. The van der Waals surface area contributed by atoms with Gasteiger partial charge in [0.2, 0.25) is 5.91 Å². The predicted octanol–water partition coefficient (Wildman–Crippen LogP) is 1.83. The van der Waals surface area contributed by atoms with Gasteiger partial charge in [-0.1, -0.05) is 0 Å². The van der Waals surface area contributed by atoms with Crippen LogP contribution in [0.4, 0.5) is 11.5 Å². The second-order valence-electron chi connectivity index (χ2n) is 4.94. The SMILES string of the molecule is Cc1cc([N+](=O)[O-])c2c(Br)cnc(NCC(=O)NCC(=O)O)c2c1. The number of aromatic nitrogens is 1. The van der Waals surface area contributed by atoms with Crippen molar-refractivity contribution in [2.24, 2.45) is 0 Å². The molecule has 3 N–H and O–H groups in total. The molecule has 0 aliphatic carbocycles. The number of fused-ring (bicyclic) bond motifs is 1. The van der Waals surface area contributed by atoms with E-state index in [1.165, 1.54) is 12.3 Å². The first-order valence-corrected chi connectivity index (χ1v) is 7.54. The third-order valence-electron chi connectivity index (χ3n) is 3.11. The maximum absolute atomic E-state index is 11.6. The van der Waals surface area contributed by atoms with Crippen LogP contribution >= 0.6 is 15.9 Å². The fraction of sp³-hybridized carbons (Fsp3) is 0.214. The van der Waals surface area contributed by atoms with E-state index in [0.29, 0.717) is 26.6 Å². The normalized spacial score (nSPS) is 10.4. The Morgan fingerprint density at radius 3 is 2.71 bits per heavy atom. The molecule has 0 saturated carbocycles. The topological polar surface area (TPSA) is 134 Å². The molecule has 0 unspecified atom stereocenters. The maximum atomic E-state index is 11.6. The summed E-state index contributed by atoms with van der Waals surface area (Å²) in [6, 6.07) is 3.17. The number of anilines is 1. The Labute approximate surface area is 144 Å². The molecule has 1 heterocycles. The molecule has 24 heavy (non-hydrogen) atoms. The number of carbonyl (C=O) groups is 2. The lowest BCUT2D eigenvalue weighted by molar-refractivity contribution is -0.383. The van der Waals surface area contributed by atoms with Crippen LogP contribution in [-0.4, -0.2) is 40.0 Å². The number of rotatable bonds is 6. The van der Waals surface area contributed by atoms with Crippen molar-refractivity contribution in [2.45, 2.75) is 6.92 Å². The number of nitrogens with one attached hydrogen (secondary N) is 2. The Morgan fingerprint density at radius 1 is 1.38 bits per heavy atom. The molecule has 0 spiro atoms. The summed E-state index contributed by atoms with van der Waals surface area (Å²) in [6.07, 6.45) is 1.40. The van der Waals surface area contributed by atoms with Gasteiger partial charge in [0.25, 0.3) is 5.69 Å². The van der Waals surface area contributed by atoms with Crippen LogP contribution in [0.3, 0.4) is 0 Å². The molecular weight excluding hydrogens is 384 g/mol. The quantitative estimate of drug-likeness (QED) is 0.500. The molecule has 10 heteroatoms. The molecule has 0 fully saturated rings. The molecule has 1 amide bonds. The summed E-state index contributed by atoms with van der Waals surface area (Å²) in [6.45, 7) is 1.02. The van der Waals surface area contributed by atoms with Gasteiger partial charge in [-0.15, -0.1) is 0 Å². The molecular formula is C14H13BrN4O5. The second kappa shape index (κ2) is 7.21. The number of halogens is 1. The number of nitrogens with zero attached hydrogens (tertiary/aromatic N) is 2. The van der Waals surface area contributed by atoms with E-state index in [2.05, 4.69) is 31.5 Å². The lowest BCUT2D eigenvalue weighted by Gasteiger charge is -2.11. The van der Waals surface area contributed by atoms with Crippen LogP contribution in [0, 0.1) is 17.0 Å². The third-order valence-corrected chi connectivity index (χ3v) is 3.71. The molecule has 2 rings (SSSR count). The van der Waals surface area contributed by atoms with Crippen LogP contribution in [0.1, 0.15) is 5.56 Å². The molecule has 0 radical (unpaired) electrons. The zero-order valence-corrected chi connectivity index (χ0v) is 14.1. The first-order valence-electron chi connectivity index (χ1n) is 6.75. The van der Waals surface area contributed by atoms with Crippen LogP contribution in [-0.2, 0) is 9.59 Å². The van der Waals surface area contributed by atoms with Gasteiger partial charge < -0.3 is 15.7 Å². The van der Waals surface area contributed by atoms with Gasteiger partial charge in [-0.25, -0.2) is 4.98 Å². The number of benzene rings is 1. The monoisotopic (exact) mass is 396 g/mol. The number of nitro groups is 1. The minimum absolute atomic E-state index is 0.0716. The van der Waals surface area contributed by atoms with E-state index in [9.17, 15) is 19.7 Å². The van der Waals surface area contributed by atoms with Gasteiger partial charge in [0.1, 0.15) is 12.4 Å². The van der Waals surface area contributed by atoms with Crippen molar-refractivity contribution >= 4 is 50.1 Å². The lowest BCUT2D eigenvalue weighted by atomic mass is 10.1. The summed E-state index contributed by atoms with van der Waals surface area (Å²) in [4.78, 5) is 36.9. The third kappa shape index (κ3) is 3.96. The van der Waals surface area contributed by atoms with Crippen molar-refractivity contribution < 1.29 is 19.6 Å². The van der Waals surface area contributed by atoms with Crippen molar-refractivity contribution in [3.8, 4) is 0 Å². The molecule has 2 aromatic rings. The van der Waals surface area contributed by atoms with Crippen molar-refractivity contribution in [1.82, 2.24) is 10.3 Å². The van der Waals surface area contributed by atoms with E-state index < -0.39 is 23.3 Å². The summed E-state index contributed by atoms with van der Waals surface area (Å²) in [5.74, 6) is -1.38. The Hall–Kier alpha value is -2.75. The molecule has 0 aliphatic heterocycles. The first-order chi connectivity index (χ1) is 11.3. The Kier molecular flexibility index (Phi) is 5.29. The Balaban J connectivity index is 2.35. The molecule has 126 valence electrons. The number of amides is 1. The molecule has 0 atom stereocenters. The van der Waals surface area contributed by atoms with Crippen LogP contribution in [0.2, 0.25) is 0 Å². The summed E-state index contributed by atoms with van der Waals surface area (Å²) in [7, 11) is 0. The van der Waals surface area contributed by atoms with E-state index in [-0.39, 0.29) is 12.2 Å². The molecule has 9 nitrogen and oxygen atoms in total. The Bertz CT molecular complexity index is 840. The predicted molar refractivity (Wildman–Crippen MR) is 90.0 cm³/mol. The molecule has 0 bridgehead atoms. The van der Waals surface area contributed by atoms with Crippen molar-refractivity contribution in [3.63, 3.8) is 0 Å². The molecule has 0 aliphatic rings. The fourth-order valence-corrected chi connectivity index (χ4v) is 2.67. The number of aryl methyl sites for hydroxylation is 1. The summed E-state index contributed by atoms with van der Waals surface area (Å²) in [5, 5.41) is 25.6. The number of nitro benzene ring substituents is 1. The van der Waals surface area contributed by atoms with Crippen LogP contribution in [0.5, 0.6) is 0 Å². The highest BCUT2D eigenvalue weighted by Gasteiger charge is 2.19. The highest BCUT2D eigenvalue weighted by atomic mass is 79.9. The molecule has 0 saturated heterocycles. The van der Waals surface area contributed by atoms with Crippen molar-refractivity contribution in [1.29, 1.82) is 0 Å². The number of carboxylic acid groups (broad SMARTS) is 1. The summed E-state index contributed by atoms with van der Waals surface area (Å²) < 4.78 is 0.463. The van der Waals surface area contributed by atoms with E-state index >= 15 is 0 Å². The summed E-state index contributed by atoms with van der Waals surface area (Å²) in [5.41, 5.74) is 0.602. The molecule has 1 aromatic carbocycles. The number of non-ortho nitro benzene ring substituents is 1. The maximum Gasteiger partial charge on any atom is 0.322 e.